The molecule has 0 aliphatic heterocycles. The molecule has 0 aromatic carbocycles. The van der Waals surface area contributed by atoms with Crippen LogP contribution in [0.2, 0.25) is 0 Å². The predicted octanol–water partition coefficient (Wildman–Crippen LogP) is 1.31. The normalized spacial score (nSPS) is 12.4. The predicted molar refractivity (Wildman–Crippen MR) is 74.6 cm³/mol. The number of nitrogens with two attached hydrogens (primary N) is 1. The second kappa shape index (κ2) is 6.75. The molecule has 6 nitrogen and oxygen atoms in total. The van der Waals surface area contributed by atoms with Crippen LogP contribution in [0.4, 0.5) is 0 Å². The van der Waals surface area contributed by atoms with Crippen LogP contribution < -0.4 is 5.73 Å². The van der Waals surface area contributed by atoms with Crippen molar-refractivity contribution in [2.24, 2.45) is 17.9 Å². The molecular weight excluding hydrogens is 298 g/mol. The van der Waals surface area contributed by atoms with E-state index < -0.39 is 0 Å². The third-order valence-corrected chi connectivity index (χ3v) is 3.75. The molecule has 0 amide bonds. The molecule has 0 aliphatic rings. The van der Waals surface area contributed by atoms with Gasteiger partial charge in [-0.15, -0.1) is 0 Å². The molecule has 0 unspecified atom stereocenters. The van der Waals surface area contributed by atoms with Gasteiger partial charge in [-0.2, -0.15) is 5.10 Å². The molecule has 18 heavy (non-hydrogen) atoms. The van der Waals surface area contributed by atoms with Crippen molar-refractivity contribution in [1.29, 1.82) is 0 Å². The monoisotopic (exact) mass is 317 g/mol. The van der Waals surface area contributed by atoms with E-state index in [1.54, 1.807) is 0 Å². The molecule has 0 saturated carbocycles. The fourth-order valence-electron chi connectivity index (χ4n) is 1.74. The second-order valence-corrected chi connectivity index (χ2v) is 4.87. The zero-order valence-corrected chi connectivity index (χ0v) is 12.6. The summed E-state index contributed by atoms with van der Waals surface area (Å²) in [7, 11) is 1.93. The van der Waals surface area contributed by atoms with Gasteiger partial charge in [-0.3, -0.25) is 9.58 Å². The number of likely N-dealkylation sites (N-methyl/N-ethyl adjacent to an activating group) is 1. The summed E-state index contributed by atoms with van der Waals surface area (Å²) in [6, 6.07) is 0. The highest BCUT2D eigenvalue weighted by molar-refractivity contribution is 9.10. The lowest BCUT2D eigenvalue weighted by atomic mass is 10.3. The molecule has 1 heterocycles. The summed E-state index contributed by atoms with van der Waals surface area (Å²) < 4.78 is 2.92. The van der Waals surface area contributed by atoms with Crippen molar-refractivity contribution in [3.63, 3.8) is 0 Å². The lowest BCUT2D eigenvalue weighted by Crippen LogP contribution is -2.34. The van der Waals surface area contributed by atoms with Crippen molar-refractivity contribution >= 4 is 21.8 Å². The van der Waals surface area contributed by atoms with Gasteiger partial charge in [0.05, 0.1) is 22.4 Å². The standard InChI is InChI=1S/C11H20BrN5O/c1-4-8-11(12)9(16(3)14-8)6-17(5-2)7-10(13)15-18/h18H,4-7H2,1-3H3,(H2,13,15). The topological polar surface area (TPSA) is 79.7 Å². The van der Waals surface area contributed by atoms with Crippen molar-refractivity contribution in [2.75, 3.05) is 13.1 Å². The highest BCUT2D eigenvalue weighted by Crippen LogP contribution is 2.22. The van der Waals surface area contributed by atoms with Gasteiger partial charge in [-0.25, -0.2) is 0 Å². The molecule has 102 valence electrons. The first-order valence-electron chi connectivity index (χ1n) is 5.92. The quantitative estimate of drug-likeness (QED) is 0.359. The number of rotatable bonds is 6. The number of halogens is 1. The second-order valence-electron chi connectivity index (χ2n) is 4.08. The Balaban J connectivity index is 2.85. The van der Waals surface area contributed by atoms with E-state index in [1.165, 1.54) is 0 Å². The van der Waals surface area contributed by atoms with Crippen molar-refractivity contribution in [3.05, 3.63) is 15.9 Å². The first kappa shape index (κ1) is 15.0. The Morgan fingerprint density at radius 3 is 2.67 bits per heavy atom. The minimum Gasteiger partial charge on any atom is -0.409 e. The van der Waals surface area contributed by atoms with E-state index in [2.05, 4.69) is 38.0 Å². The van der Waals surface area contributed by atoms with E-state index in [0.717, 1.165) is 28.8 Å². The van der Waals surface area contributed by atoms with Crippen molar-refractivity contribution in [2.45, 2.75) is 26.8 Å². The molecule has 0 saturated heterocycles. The molecule has 0 fully saturated rings. The average Bonchev–Trinajstić information content (AvgIpc) is 2.64. The van der Waals surface area contributed by atoms with Crippen LogP contribution in [0.1, 0.15) is 25.2 Å². The first-order valence-corrected chi connectivity index (χ1v) is 6.71. The number of oxime groups is 1. The van der Waals surface area contributed by atoms with Gasteiger partial charge < -0.3 is 10.9 Å². The summed E-state index contributed by atoms with van der Waals surface area (Å²) in [4.78, 5) is 2.08. The largest absolute Gasteiger partial charge is 0.409 e. The van der Waals surface area contributed by atoms with Gasteiger partial charge in [0.15, 0.2) is 5.84 Å². The average molecular weight is 318 g/mol. The molecule has 0 aliphatic carbocycles. The summed E-state index contributed by atoms with van der Waals surface area (Å²) in [6.07, 6.45) is 0.890. The Bertz CT molecular complexity index is 429. The van der Waals surface area contributed by atoms with Crippen LogP contribution in [-0.4, -0.2) is 38.8 Å². The lowest BCUT2D eigenvalue weighted by Gasteiger charge is -2.19. The highest BCUT2D eigenvalue weighted by Gasteiger charge is 2.15. The van der Waals surface area contributed by atoms with Crippen LogP contribution in [0.5, 0.6) is 0 Å². The Kier molecular flexibility index (Phi) is 5.61. The number of nitrogens with zero attached hydrogens (tertiary/aromatic N) is 4. The fraction of sp³-hybridized carbons (Fsp3) is 0.636. The third-order valence-electron chi connectivity index (χ3n) is 2.84. The van der Waals surface area contributed by atoms with Gasteiger partial charge in [-0.1, -0.05) is 19.0 Å². The summed E-state index contributed by atoms with van der Waals surface area (Å²) in [6.45, 7) is 6.07. The zero-order chi connectivity index (χ0) is 13.7. The summed E-state index contributed by atoms with van der Waals surface area (Å²) >= 11 is 3.58. The number of aromatic nitrogens is 2. The third kappa shape index (κ3) is 3.46. The fourth-order valence-corrected chi connectivity index (χ4v) is 2.49. The van der Waals surface area contributed by atoms with Crippen LogP contribution in [0, 0.1) is 0 Å². The molecule has 0 radical (unpaired) electrons. The van der Waals surface area contributed by atoms with E-state index in [0.29, 0.717) is 13.1 Å². The van der Waals surface area contributed by atoms with E-state index in [1.807, 2.05) is 18.7 Å². The van der Waals surface area contributed by atoms with Gasteiger partial charge in [-0.05, 0) is 28.9 Å². The van der Waals surface area contributed by atoms with E-state index in [-0.39, 0.29) is 5.84 Å². The Hall–Kier alpha value is -1.08. The molecule has 1 rings (SSSR count). The van der Waals surface area contributed by atoms with Gasteiger partial charge in [0.25, 0.3) is 0 Å². The smallest absolute Gasteiger partial charge is 0.153 e. The number of hydrogen-bond acceptors (Lipinski definition) is 4. The van der Waals surface area contributed by atoms with Crippen LogP contribution >= 0.6 is 15.9 Å². The molecule has 3 N–H and O–H groups in total. The molecule has 7 heteroatoms. The maximum absolute atomic E-state index is 8.61. The summed E-state index contributed by atoms with van der Waals surface area (Å²) in [5.41, 5.74) is 7.68. The van der Waals surface area contributed by atoms with Crippen LogP contribution in [0.15, 0.2) is 9.63 Å². The van der Waals surface area contributed by atoms with Gasteiger partial charge >= 0.3 is 0 Å². The van der Waals surface area contributed by atoms with Crippen molar-refractivity contribution in [1.82, 2.24) is 14.7 Å². The van der Waals surface area contributed by atoms with E-state index in [4.69, 9.17) is 10.9 Å². The molecule has 0 spiro atoms. The first-order chi connectivity index (χ1) is 8.53. The number of aryl methyl sites for hydroxylation is 2. The van der Waals surface area contributed by atoms with Crippen LogP contribution in [-0.2, 0) is 20.0 Å². The van der Waals surface area contributed by atoms with Crippen LogP contribution in [0.3, 0.4) is 0 Å². The molecule has 0 bridgehead atoms. The minimum absolute atomic E-state index is 0.214. The van der Waals surface area contributed by atoms with E-state index in [9.17, 15) is 0 Å². The minimum atomic E-state index is 0.214. The number of amidine groups is 1. The zero-order valence-electron chi connectivity index (χ0n) is 11.0. The maximum atomic E-state index is 8.61. The van der Waals surface area contributed by atoms with Crippen LogP contribution in [0.25, 0.3) is 0 Å². The number of hydrogen-bond donors (Lipinski definition) is 2. The molecule has 0 atom stereocenters. The Morgan fingerprint density at radius 2 is 2.22 bits per heavy atom. The molecule has 1 aromatic rings. The maximum Gasteiger partial charge on any atom is 0.153 e. The summed E-state index contributed by atoms with van der Waals surface area (Å²) in [5.74, 6) is 0.214. The highest BCUT2D eigenvalue weighted by atomic mass is 79.9. The van der Waals surface area contributed by atoms with Gasteiger partial charge in [0, 0.05) is 13.6 Å². The lowest BCUT2D eigenvalue weighted by molar-refractivity contribution is 0.290. The molecular formula is C11H20BrN5O. The van der Waals surface area contributed by atoms with E-state index >= 15 is 0 Å². The summed E-state index contributed by atoms with van der Waals surface area (Å²) in [5, 5.41) is 16.1. The van der Waals surface area contributed by atoms with Crippen molar-refractivity contribution < 1.29 is 5.21 Å². The van der Waals surface area contributed by atoms with Gasteiger partial charge in [0.2, 0.25) is 0 Å². The van der Waals surface area contributed by atoms with Crippen molar-refractivity contribution in [3.8, 4) is 0 Å². The molecule has 1 aromatic heterocycles. The Labute approximate surface area is 116 Å². The SMILES string of the molecule is CCc1nn(C)c(CN(CC)CC(N)=NO)c1Br. The Morgan fingerprint density at radius 1 is 1.56 bits per heavy atom. The van der Waals surface area contributed by atoms with Gasteiger partial charge in [0.1, 0.15) is 0 Å².